The second-order valence-corrected chi connectivity index (χ2v) is 20.9. The van der Waals surface area contributed by atoms with E-state index in [1.165, 1.54) is 22.3 Å². The molecule has 6 aromatic carbocycles. The predicted octanol–water partition coefficient (Wildman–Crippen LogP) is 16.2. The number of aromatic nitrogens is 8. The lowest BCUT2D eigenvalue weighted by Gasteiger charge is -2.42. The van der Waals surface area contributed by atoms with Gasteiger partial charge in [0.15, 0.2) is 11.6 Å². The lowest BCUT2D eigenvalue weighted by atomic mass is 9.73. The van der Waals surface area contributed by atoms with E-state index in [1.807, 2.05) is 73.1 Å². The minimum absolute atomic E-state index is 0.284. The molecule has 0 aliphatic carbocycles. The molecule has 0 N–H and O–H groups in total. The van der Waals surface area contributed by atoms with Gasteiger partial charge in [0.25, 0.3) is 0 Å². The Bertz CT molecular complexity index is 3790. The van der Waals surface area contributed by atoms with Gasteiger partial charge in [-0.1, -0.05) is 113 Å². The van der Waals surface area contributed by atoms with Crippen molar-refractivity contribution >= 4 is 44.9 Å². The highest BCUT2D eigenvalue weighted by Crippen LogP contribution is 2.56. The minimum atomic E-state index is -0.284. The molecule has 0 saturated heterocycles. The van der Waals surface area contributed by atoms with Crippen LogP contribution in [0.5, 0.6) is 0 Å². The average molecular weight is 1010 g/mol. The van der Waals surface area contributed by atoms with E-state index in [-0.39, 0.29) is 10.8 Å². The molecule has 12 aromatic rings. The van der Waals surface area contributed by atoms with E-state index in [0.717, 1.165) is 78.5 Å². The zero-order chi connectivity index (χ0) is 52.5. The van der Waals surface area contributed by atoms with Crippen molar-refractivity contribution in [2.45, 2.75) is 38.5 Å². The lowest BCUT2D eigenvalue weighted by molar-refractivity contribution is 0.631. The summed E-state index contributed by atoms with van der Waals surface area (Å²) in [5, 5.41) is 1.90. The Morgan fingerprint density at radius 3 is 1.03 bits per heavy atom. The van der Waals surface area contributed by atoms with Crippen molar-refractivity contribution in [3.05, 3.63) is 254 Å². The van der Waals surface area contributed by atoms with Crippen LogP contribution in [0.1, 0.15) is 49.9 Å². The molecule has 2 aliphatic heterocycles. The van der Waals surface area contributed by atoms with Gasteiger partial charge in [0.1, 0.15) is 11.4 Å². The van der Waals surface area contributed by atoms with Crippen molar-refractivity contribution in [3.8, 4) is 68.1 Å². The molecular formula is C68H50N10. The van der Waals surface area contributed by atoms with Gasteiger partial charge in [-0.2, -0.15) is 0 Å². The van der Waals surface area contributed by atoms with Crippen LogP contribution >= 0.6 is 0 Å². The Labute approximate surface area is 452 Å². The van der Waals surface area contributed by atoms with Crippen LogP contribution in [0.15, 0.2) is 231 Å². The van der Waals surface area contributed by atoms with E-state index in [9.17, 15) is 0 Å². The van der Waals surface area contributed by atoms with Crippen LogP contribution in [-0.4, -0.2) is 39.9 Å². The maximum absolute atomic E-state index is 5.52. The Hall–Kier alpha value is -10.1. The van der Waals surface area contributed by atoms with E-state index in [4.69, 9.17) is 29.9 Å². The fourth-order valence-electron chi connectivity index (χ4n) is 11.7. The molecule has 0 bridgehead atoms. The van der Waals surface area contributed by atoms with Crippen molar-refractivity contribution < 1.29 is 0 Å². The molecule has 0 radical (unpaired) electrons. The normalized spacial score (nSPS) is 13.8. The van der Waals surface area contributed by atoms with Gasteiger partial charge in [-0.15, -0.1) is 0 Å². The number of para-hydroxylation sites is 4. The fraction of sp³-hybridized carbons (Fsp3) is 0.0882. The number of rotatable bonds is 8. The van der Waals surface area contributed by atoms with Crippen molar-refractivity contribution in [1.29, 1.82) is 0 Å². The van der Waals surface area contributed by atoms with Crippen molar-refractivity contribution in [3.63, 3.8) is 0 Å². The summed E-state index contributed by atoms with van der Waals surface area (Å²) in [6, 6.07) is 68.2. The van der Waals surface area contributed by atoms with Gasteiger partial charge in [0, 0.05) is 81.6 Å². The van der Waals surface area contributed by atoms with Crippen LogP contribution in [0, 0.1) is 0 Å². The number of anilines is 6. The van der Waals surface area contributed by atoms with Crippen LogP contribution in [-0.2, 0) is 10.8 Å². The molecule has 10 heteroatoms. The van der Waals surface area contributed by atoms with Crippen LogP contribution in [0.4, 0.5) is 34.1 Å². The van der Waals surface area contributed by atoms with Gasteiger partial charge in [-0.05, 0) is 142 Å². The van der Waals surface area contributed by atoms with Crippen LogP contribution in [0.2, 0.25) is 0 Å². The van der Waals surface area contributed by atoms with E-state index in [0.29, 0.717) is 34.4 Å². The topological polar surface area (TPSA) is 110 Å². The third-order valence-electron chi connectivity index (χ3n) is 15.5. The molecule has 8 heterocycles. The molecule has 14 rings (SSSR count). The molecule has 0 atom stereocenters. The zero-order valence-corrected chi connectivity index (χ0v) is 43.4. The summed E-state index contributed by atoms with van der Waals surface area (Å²) in [4.78, 5) is 45.0. The van der Waals surface area contributed by atoms with Crippen molar-refractivity contribution in [2.24, 2.45) is 0 Å². The van der Waals surface area contributed by atoms with Gasteiger partial charge in [-0.3, -0.25) is 19.9 Å². The molecular weight excluding hydrogens is 957 g/mol. The molecule has 0 unspecified atom stereocenters. The Balaban J connectivity index is 1.15. The van der Waals surface area contributed by atoms with E-state index < -0.39 is 0 Å². The Morgan fingerprint density at radius 2 is 0.679 bits per heavy atom. The summed E-state index contributed by atoms with van der Waals surface area (Å²) in [5.41, 5.74) is 18.3. The maximum Gasteiger partial charge on any atom is 0.179 e. The maximum atomic E-state index is 5.52. The minimum Gasteiger partial charge on any atom is -0.310 e. The highest BCUT2D eigenvalue weighted by atomic mass is 15.2. The summed E-state index contributed by atoms with van der Waals surface area (Å²) in [6.45, 7) is 9.28. The van der Waals surface area contributed by atoms with E-state index in [2.05, 4.69) is 181 Å². The average Bonchev–Trinajstić information content (AvgIpc) is 3.69. The summed E-state index contributed by atoms with van der Waals surface area (Å²) in [6.07, 6.45) is 10.8. The Morgan fingerprint density at radius 1 is 0.321 bits per heavy atom. The lowest BCUT2D eigenvalue weighted by Crippen LogP contribution is -2.30. The number of hydrogen-bond donors (Lipinski definition) is 0. The van der Waals surface area contributed by atoms with Crippen LogP contribution in [0.3, 0.4) is 0 Å². The highest BCUT2D eigenvalue weighted by molar-refractivity contribution is 6.10. The smallest absolute Gasteiger partial charge is 0.179 e. The number of pyridine rings is 4. The monoisotopic (exact) mass is 1010 g/mol. The fourth-order valence-corrected chi connectivity index (χ4v) is 11.7. The molecule has 0 fully saturated rings. The standard InChI is InChI=1S/C68H50N10/c1-67(2)51-21-5-9-27-61(51)77(62-28-10-6-22-52(62)67)45-35-47-48(49(37-45)59-39-57(43-19-17-31-69-41-43)73-65(75-59)55-25-13-15-33-71-55)36-46(78-63-29-11-7-23-53(63)68(3,4)54-24-8-12-30-64(54)78)38-50(47)60-40-58(44-20-18-32-70-42-44)74-66(76-60)56-26-14-16-34-72-56/h5-42H,1-4H3. The molecule has 0 amide bonds. The first kappa shape index (κ1) is 46.5. The van der Waals surface area contributed by atoms with Crippen LogP contribution < -0.4 is 9.80 Å². The number of fused-ring (bicyclic) bond motifs is 5. The van der Waals surface area contributed by atoms with E-state index >= 15 is 0 Å². The zero-order valence-electron chi connectivity index (χ0n) is 43.4. The van der Waals surface area contributed by atoms with Crippen molar-refractivity contribution in [1.82, 2.24) is 39.9 Å². The van der Waals surface area contributed by atoms with Gasteiger partial charge in [0.05, 0.1) is 45.5 Å². The third-order valence-corrected chi connectivity index (χ3v) is 15.5. The summed E-state index contributed by atoms with van der Waals surface area (Å²) < 4.78 is 0. The molecule has 6 aromatic heterocycles. The second-order valence-electron chi connectivity index (χ2n) is 20.9. The van der Waals surface area contributed by atoms with Gasteiger partial charge in [-0.25, -0.2) is 19.9 Å². The largest absolute Gasteiger partial charge is 0.310 e. The summed E-state index contributed by atoms with van der Waals surface area (Å²) in [5.74, 6) is 0.991. The molecule has 372 valence electrons. The molecule has 2 aliphatic rings. The first-order chi connectivity index (χ1) is 38.2. The second kappa shape index (κ2) is 18.4. The molecule has 10 nitrogen and oxygen atoms in total. The van der Waals surface area contributed by atoms with E-state index in [1.54, 1.807) is 24.8 Å². The van der Waals surface area contributed by atoms with Gasteiger partial charge in [0.2, 0.25) is 0 Å². The summed E-state index contributed by atoms with van der Waals surface area (Å²) >= 11 is 0. The number of nitrogens with zero attached hydrogens (tertiary/aromatic N) is 10. The third kappa shape index (κ3) is 7.71. The van der Waals surface area contributed by atoms with Gasteiger partial charge >= 0.3 is 0 Å². The SMILES string of the molecule is CC1(C)c2ccccc2N(c2cc(-c3cc(-c4cccnc4)nc(-c4ccccn4)n3)c3cc(N4c5ccccc5C(C)(C)c5ccccc54)cc(-c4cc(-c5cccnc5)nc(-c5ccccn5)n4)c3c2)c2ccccc21. The summed E-state index contributed by atoms with van der Waals surface area (Å²) in [7, 11) is 0. The number of hydrogen-bond acceptors (Lipinski definition) is 10. The van der Waals surface area contributed by atoms with Crippen LogP contribution in [0.25, 0.3) is 78.8 Å². The number of benzene rings is 6. The molecule has 0 spiro atoms. The first-order valence-electron chi connectivity index (χ1n) is 26.2. The van der Waals surface area contributed by atoms with Gasteiger partial charge < -0.3 is 9.80 Å². The molecule has 78 heavy (non-hydrogen) atoms. The first-order valence-corrected chi connectivity index (χ1v) is 26.2. The highest BCUT2D eigenvalue weighted by Gasteiger charge is 2.39. The Kier molecular flexibility index (Phi) is 10.9. The predicted molar refractivity (Wildman–Crippen MR) is 313 cm³/mol. The quantitative estimate of drug-likeness (QED) is 0.146. The molecule has 0 saturated carbocycles. The van der Waals surface area contributed by atoms with Crippen molar-refractivity contribution in [2.75, 3.05) is 9.80 Å².